The Morgan fingerprint density at radius 2 is 2.08 bits per heavy atom. The lowest BCUT2D eigenvalue weighted by atomic mass is 10.1. The number of H-pyrrole nitrogens is 1. The van der Waals surface area contributed by atoms with Gasteiger partial charge in [-0.05, 0) is 30.2 Å². The Balaban J connectivity index is 0.00000338. The first kappa shape index (κ1) is 18.5. The van der Waals surface area contributed by atoms with Crippen LogP contribution in [-0.2, 0) is 16.4 Å². The fourth-order valence-corrected chi connectivity index (χ4v) is 3.07. The summed E-state index contributed by atoms with van der Waals surface area (Å²) in [5.74, 6) is -0.414. The van der Waals surface area contributed by atoms with Gasteiger partial charge in [0.05, 0.1) is 17.6 Å². The first-order valence-corrected chi connectivity index (χ1v) is 9.50. The third kappa shape index (κ3) is 4.39. The first-order valence-electron chi connectivity index (χ1n) is 7.61. The zero-order valence-electron chi connectivity index (χ0n) is 14.5. The number of carbonyl (C=O) groups excluding carboxylic acids is 1. The van der Waals surface area contributed by atoms with E-state index in [1.807, 2.05) is 19.1 Å². The summed E-state index contributed by atoms with van der Waals surface area (Å²) in [7, 11) is 0.0500. The van der Waals surface area contributed by atoms with Crippen molar-refractivity contribution in [3.8, 4) is 6.07 Å². The molecular formula is C17H24N4O3S. The lowest BCUT2D eigenvalue weighted by molar-refractivity contribution is 0.103. The molecule has 1 aromatic heterocycles. The molecule has 0 unspecified atom stereocenters. The van der Waals surface area contributed by atoms with Crippen molar-refractivity contribution < 1.29 is 16.1 Å². The Labute approximate surface area is 150 Å². The maximum Gasteiger partial charge on any atom is 0.229 e. The van der Waals surface area contributed by atoms with Crippen LogP contribution < -0.4 is 4.72 Å². The smallest absolute Gasteiger partial charge is 0.229 e. The van der Waals surface area contributed by atoms with Crippen LogP contribution in [-0.4, -0.2) is 44.4 Å². The molecule has 1 heterocycles. The number of rotatable bonds is 6. The molecule has 0 saturated carbocycles. The second kappa shape index (κ2) is 6.99. The fourth-order valence-electron chi connectivity index (χ4n) is 2.48. The third-order valence-corrected chi connectivity index (χ3v) is 4.11. The van der Waals surface area contributed by atoms with E-state index in [4.69, 9.17) is 0 Å². The van der Waals surface area contributed by atoms with Crippen LogP contribution in [0.1, 0.15) is 25.8 Å². The van der Waals surface area contributed by atoms with Crippen molar-refractivity contribution in [1.82, 2.24) is 9.88 Å². The summed E-state index contributed by atoms with van der Waals surface area (Å²) in [5, 5.41) is 9.96. The molecule has 0 aliphatic carbocycles. The Kier molecular flexibility index (Phi) is 5.18. The average molecular weight is 364 g/mol. The molecule has 7 nitrogen and oxygen atoms in total. The van der Waals surface area contributed by atoms with E-state index in [0.717, 1.165) is 17.2 Å². The highest BCUT2D eigenvalue weighted by atomic mass is 32.2. The number of aryl methyl sites for hydroxylation is 1. The molecule has 0 aliphatic heterocycles. The largest absolute Gasteiger partial charge is 0.382 e. The van der Waals surface area contributed by atoms with Crippen molar-refractivity contribution in [2.24, 2.45) is 0 Å². The first-order chi connectivity index (χ1) is 11.6. The summed E-state index contributed by atoms with van der Waals surface area (Å²) in [4.78, 5) is 17.1. The predicted octanol–water partition coefficient (Wildman–Crippen LogP) is 2.75. The van der Waals surface area contributed by atoms with Crippen molar-refractivity contribution in [3.05, 3.63) is 41.2 Å². The van der Waals surface area contributed by atoms with Gasteiger partial charge in [-0.3, -0.25) is 9.52 Å². The summed E-state index contributed by atoms with van der Waals surface area (Å²) >= 11 is 0. The summed E-state index contributed by atoms with van der Waals surface area (Å²) in [5.41, 5.74) is 2.21. The zero-order chi connectivity index (χ0) is 18.8. The second-order valence-corrected chi connectivity index (χ2v) is 7.70. The van der Waals surface area contributed by atoms with Crippen LogP contribution in [0.3, 0.4) is 0 Å². The van der Waals surface area contributed by atoms with Gasteiger partial charge in [0, 0.05) is 34.1 Å². The van der Waals surface area contributed by atoms with Crippen molar-refractivity contribution in [1.29, 1.82) is 5.26 Å². The predicted molar refractivity (Wildman–Crippen MR) is 102 cm³/mol. The van der Waals surface area contributed by atoms with Crippen LogP contribution in [0.25, 0.3) is 10.9 Å². The van der Waals surface area contributed by atoms with E-state index in [1.54, 1.807) is 31.1 Å². The number of anilines is 1. The summed E-state index contributed by atoms with van der Waals surface area (Å²) in [6.45, 7) is 1.92. The van der Waals surface area contributed by atoms with Gasteiger partial charge < -0.3 is 9.88 Å². The number of hydrogen-bond donors (Lipinski definition) is 2. The Morgan fingerprint density at radius 3 is 2.60 bits per heavy atom. The fraction of sp³-hybridized carbons (Fsp3) is 0.294. The second-order valence-electron chi connectivity index (χ2n) is 5.95. The number of sulfonamides is 1. The van der Waals surface area contributed by atoms with E-state index in [9.17, 15) is 18.5 Å². The van der Waals surface area contributed by atoms with Gasteiger partial charge >= 0.3 is 0 Å². The molecule has 0 amide bonds. The van der Waals surface area contributed by atoms with Crippen molar-refractivity contribution in [2.75, 3.05) is 25.1 Å². The molecular weight excluding hydrogens is 340 g/mol. The number of aromatic amines is 1. The maximum atomic E-state index is 12.5. The van der Waals surface area contributed by atoms with Crippen molar-refractivity contribution in [2.45, 2.75) is 13.3 Å². The molecule has 25 heavy (non-hydrogen) atoms. The van der Waals surface area contributed by atoms with E-state index in [0.29, 0.717) is 17.6 Å². The van der Waals surface area contributed by atoms with E-state index >= 15 is 0 Å². The van der Waals surface area contributed by atoms with Gasteiger partial charge in [0.1, 0.15) is 11.6 Å². The van der Waals surface area contributed by atoms with Gasteiger partial charge in [-0.15, -0.1) is 0 Å². The zero-order valence-corrected chi connectivity index (χ0v) is 15.4. The number of nitriles is 1. The molecule has 136 valence electrons. The molecule has 0 bridgehead atoms. The number of nitrogens with zero attached hydrogens (tertiary/aromatic N) is 2. The number of nitrogens with one attached hydrogen (secondary N) is 2. The van der Waals surface area contributed by atoms with Gasteiger partial charge in [-0.25, -0.2) is 8.42 Å². The van der Waals surface area contributed by atoms with Gasteiger partial charge in [0.25, 0.3) is 0 Å². The molecule has 1 aromatic carbocycles. The van der Waals surface area contributed by atoms with Crippen LogP contribution in [0.5, 0.6) is 0 Å². The molecule has 2 rings (SSSR count). The van der Waals surface area contributed by atoms with E-state index < -0.39 is 15.8 Å². The van der Waals surface area contributed by atoms with Gasteiger partial charge in [-0.2, -0.15) is 5.26 Å². The lowest BCUT2D eigenvalue weighted by Gasteiger charge is -2.09. The number of allylic oxidation sites excluding steroid dienone is 1. The highest BCUT2D eigenvalue weighted by Crippen LogP contribution is 2.26. The van der Waals surface area contributed by atoms with E-state index in [-0.39, 0.29) is 14.1 Å². The molecule has 0 aliphatic rings. The SMILES string of the molecule is CCc1cc2cc(C(=O)/C(C#N)=C/N(C)C)[nH]c2cc1NS(C)(=O)=O.[HH].[HH]. The minimum absolute atomic E-state index is 0. The number of carbonyl (C=O) groups is 1. The van der Waals surface area contributed by atoms with Crippen LogP contribution in [0.15, 0.2) is 30.0 Å². The van der Waals surface area contributed by atoms with Crippen molar-refractivity contribution >= 4 is 32.4 Å². The van der Waals surface area contributed by atoms with Gasteiger partial charge in [0.2, 0.25) is 15.8 Å². The molecule has 0 fully saturated rings. The topological polar surface area (TPSA) is 106 Å². The van der Waals surface area contributed by atoms with Crippen LogP contribution in [0, 0.1) is 11.3 Å². The Bertz CT molecular complexity index is 1010. The number of Topliss-reactive ketones (excluding diaryl/α,β-unsaturated/α-hetero) is 1. The molecule has 0 atom stereocenters. The number of aromatic nitrogens is 1. The van der Waals surface area contributed by atoms with Crippen LogP contribution >= 0.6 is 0 Å². The summed E-state index contributed by atoms with van der Waals surface area (Å²) < 4.78 is 25.5. The highest BCUT2D eigenvalue weighted by molar-refractivity contribution is 7.92. The Hall–Kier alpha value is -2.79. The normalized spacial score (nSPS) is 12.0. The average Bonchev–Trinajstić information content (AvgIpc) is 2.92. The minimum Gasteiger partial charge on any atom is -0.382 e. The molecule has 2 N–H and O–H groups in total. The lowest BCUT2D eigenvalue weighted by Crippen LogP contribution is -2.11. The van der Waals surface area contributed by atoms with Crippen LogP contribution in [0.2, 0.25) is 0 Å². The summed E-state index contributed by atoms with van der Waals surface area (Å²) in [6.07, 6.45) is 3.18. The molecule has 2 aromatic rings. The standard InChI is InChI=1S/C17H20N4O3S.2H2/c1-5-11-6-12-7-16(17(22)13(9-18)10-21(2)3)19-14(12)8-15(11)20-25(4,23)24;;/h6-8,10,19-20H,5H2,1-4H3;2*1H/b13-10+;;. The number of hydrogen-bond acceptors (Lipinski definition) is 5. The quantitative estimate of drug-likeness (QED) is 0.466. The molecule has 0 saturated heterocycles. The van der Waals surface area contributed by atoms with E-state index in [1.165, 1.54) is 6.20 Å². The third-order valence-electron chi connectivity index (χ3n) is 3.52. The van der Waals surface area contributed by atoms with Crippen molar-refractivity contribution in [3.63, 3.8) is 0 Å². The molecule has 0 spiro atoms. The van der Waals surface area contributed by atoms with Gasteiger partial charge in [-0.1, -0.05) is 6.92 Å². The monoisotopic (exact) mass is 364 g/mol. The number of ketones is 1. The highest BCUT2D eigenvalue weighted by Gasteiger charge is 2.17. The molecule has 0 radical (unpaired) electrons. The van der Waals surface area contributed by atoms with Crippen LogP contribution in [0.4, 0.5) is 5.69 Å². The maximum absolute atomic E-state index is 12.5. The van der Waals surface area contributed by atoms with E-state index in [2.05, 4.69) is 9.71 Å². The summed E-state index contributed by atoms with van der Waals surface area (Å²) in [6, 6.07) is 7.06. The number of benzene rings is 1. The number of fused-ring (bicyclic) bond motifs is 1. The molecule has 8 heteroatoms. The minimum atomic E-state index is -3.41. The Morgan fingerprint density at radius 1 is 1.40 bits per heavy atom. The van der Waals surface area contributed by atoms with Gasteiger partial charge in [0.15, 0.2) is 0 Å².